The maximum Gasteiger partial charge on any atom is 0.260 e. The summed E-state index contributed by atoms with van der Waals surface area (Å²) in [5.74, 6) is -0.0258. The van der Waals surface area contributed by atoms with Gasteiger partial charge in [0.15, 0.2) is 5.13 Å². The lowest BCUT2D eigenvalue weighted by molar-refractivity contribution is 0.0391. The van der Waals surface area contributed by atoms with E-state index in [2.05, 4.69) is 4.90 Å². The number of morpholine rings is 1. The fourth-order valence-electron chi connectivity index (χ4n) is 3.29. The van der Waals surface area contributed by atoms with Crippen LogP contribution in [0.2, 0.25) is 5.02 Å². The summed E-state index contributed by atoms with van der Waals surface area (Å²) >= 11 is 7.63. The van der Waals surface area contributed by atoms with Crippen LogP contribution < -0.4 is 4.90 Å². The summed E-state index contributed by atoms with van der Waals surface area (Å²) < 4.78 is 6.41. The van der Waals surface area contributed by atoms with E-state index in [-0.39, 0.29) is 18.3 Å². The number of aromatic nitrogens is 1. The molecule has 2 heterocycles. The molecule has 0 aliphatic carbocycles. The number of nitrogens with zero attached hydrogens (tertiary/aromatic N) is 3. The molecule has 1 aliphatic heterocycles. The molecule has 1 aliphatic rings. The van der Waals surface area contributed by atoms with Crippen molar-refractivity contribution in [2.24, 2.45) is 0 Å². The molecule has 0 spiro atoms. The zero-order chi connectivity index (χ0) is 19.5. The van der Waals surface area contributed by atoms with Gasteiger partial charge in [0.2, 0.25) is 0 Å². The highest BCUT2D eigenvalue weighted by molar-refractivity contribution is 7.22. The predicted molar refractivity (Wildman–Crippen MR) is 122 cm³/mol. The van der Waals surface area contributed by atoms with Gasteiger partial charge in [-0.3, -0.25) is 14.6 Å². The van der Waals surface area contributed by atoms with Gasteiger partial charge in [0, 0.05) is 36.8 Å². The molecule has 0 atom stereocenters. The zero-order valence-electron chi connectivity index (χ0n) is 16.1. The number of hydrogen-bond donors (Lipinski definition) is 0. The Bertz CT molecular complexity index is 989. The number of ether oxygens (including phenoxy) is 1. The minimum atomic E-state index is -0.0258. The number of halogens is 2. The maximum atomic E-state index is 13.3. The number of thiazole rings is 1. The minimum absolute atomic E-state index is 0. The molecular weight excluding hydrogens is 429 g/mol. The van der Waals surface area contributed by atoms with Crippen molar-refractivity contribution >= 4 is 56.6 Å². The van der Waals surface area contributed by atoms with E-state index < -0.39 is 0 Å². The monoisotopic (exact) mass is 451 g/mol. The Labute approximate surface area is 185 Å². The van der Waals surface area contributed by atoms with Crippen molar-refractivity contribution in [3.05, 3.63) is 58.6 Å². The highest BCUT2D eigenvalue weighted by Gasteiger charge is 2.23. The molecule has 0 radical (unpaired) electrons. The van der Waals surface area contributed by atoms with Gasteiger partial charge in [-0.1, -0.05) is 40.6 Å². The van der Waals surface area contributed by atoms with Crippen LogP contribution in [0.15, 0.2) is 42.5 Å². The summed E-state index contributed by atoms with van der Waals surface area (Å²) in [6.45, 7) is 6.63. The molecule has 5 nitrogen and oxygen atoms in total. The lowest BCUT2D eigenvalue weighted by Crippen LogP contribution is -2.43. The highest BCUT2D eigenvalue weighted by Crippen LogP contribution is 2.31. The van der Waals surface area contributed by atoms with E-state index in [9.17, 15) is 4.79 Å². The van der Waals surface area contributed by atoms with Crippen LogP contribution in [-0.2, 0) is 4.74 Å². The average molecular weight is 452 g/mol. The van der Waals surface area contributed by atoms with E-state index in [0.717, 1.165) is 48.6 Å². The van der Waals surface area contributed by atoms with Gasteiger partial charge in [0.25, 0.3) is 5.91 Å². The number of carbonyl (C=O) groups excluding carboxylic acids is 1. The lowest BCUT2D eigenvalue weighted by atomic mass is 10.1. The number of hydrogen-bond acceptors (Lipinski definition) is 5. The summed E-state index contributed by atoms with van der Waals surface area (Å²) in [6, 6.07) is 13.3. The SMILES string of the molecule is Cc1cccc(C(=O)N(CCN2CCOCC2)c2nc3ccc(Cl)cc3s2)c1.Cl. The smallest absolute Gasteiger partial charge is 0.260 e. The second-order valence-corrected chi connectivity index (χ2v) is 8.33. The summed E-state index contributed by atoms with van der Waals surface area (Å²) in [5, 5.41) is 1.38. The minimum Gasteiger partial charge on any atom is -0.379 e. The fourth-order valence-corrected chi connectivity index (χ4v) is 4.55. The highest BCUT2D eigenvalue weighted by atomic mass is 35.5. The first-order chi connectivity index (χ1) is 13.6. The maximum absolute atomic E-state index is 13.3. The summed E-state index contributed by atoms with van der Waals surface area (Å²) in [6.07, 6.45) is 0. The fraction of sp³-hybridized carbons (Fsp3) is 0.333. The first-order valence-electron chi connectivity index (χ1n) is 9.35. The van der Waals surface area contributed by atoms with Crippen LogP contribution in [0, 0.1) is 6.92 Å². The molecule has 1 saturated heterocycles. The number of benzene rings is 2. The lowest BCUT2D eigenvalue weighted by Gasteiger charge is -2.29. The molecule has 8 heteroatoms. The topological polar surface area (TPSA) is 45.7 Å². The number of amides is 1. The second kappa shape index (κ2) is 9.87. The Balaban J connectivity index is 0.00000240. The number of fused-ring (bicyclic) bond motifs is 1. The van der Waals surface area contributed by atoms with Gasteiger partial charge in [0.05, 0.1) is 23.4 Å². The molecule has 1 aromatic heterocycles. The van der Waals surface area contributed by atoms with Gasteiger partial charge in [-0.05, 0) is 37.3 Å². The quantitative estimate of drug-likeness (QED) is 0.565. The number of aryl methyl sites for hydroxylation is 1. The van der Waals surface area contributed by atoms with Crippen molar-refractivity contribution in [2.45, 2.75) is 6.92 Å². The van der Waals surface area contributed by atoms with Gasteiger partial charge in [0.1, 0.15) is 0 Å². The van der Waals surface area contributed by atoms with Crippen LogP contribution >= 0.6 is 35.3 Å². The molecule has 29 heavy (non-hydrogen) atoms. The molecular formula is C21H23Cl2N3O2S. The second-order valence-electron chi connectivity index (χ2n) is 6.89. The first-order valence-corrected chi connectivity index (χ1v) is 10.5. The van der Waals surface area contributed by atoms with Crippen molar-refractivity contribution < 1.29 is 9.53 Å². The van der Waals surface area contributed by atoms with E-state index in [1.165, 1.54) is 11.3 Å². The van der Waals surface area contributed by atoms with Gasteiger partial charge >= 0.3 is 0 Å². The third kappa shape index (κ3) is 5.27. The summed E-state index contributed by atoms with van der Waals surface area (Å²) in [4.78, 5) is 22.2. The molecule has 1 fully saturated rings. The van der Waals surface area contributed by atoms with Crippen molar-refractivity contribution in [1.29, 1.82) is 0 Å². The molecule has 0 saturated carbocycles. The van der Waals surface area contributed by atoms with Crippen LogP contribution in [0.25, 0.3) is 10.2 Å². The van der Waals surface area contributed by atoms with E-state index >= 15 is 0 Å². The molecule has 0 N–H and O–H groups in total. The molecule has 3 aromatic rings. The Morgan fingerprint density at radius 1 is 1.24 bits per heavy atom. The summed E-state index contributed by atoms with van der Waals surface area (Å²) in [5.41, 5.74) is 2.60. The van der Waals surface area contributed by atoms with Crippen LogP contribution in [0.4, 0.5) is 5.13 Å². The molecule has 2 aromatic carbocycles. The molecule has 4 rings (SSSR count). The van der Waals surface area contributed by atoms with Gasteiger partial charge in [-0.25, -0.2) is 4.98 Å². The van der Waals surface area contributed by atoms with Crippen molar-refractivity contribution in [1.82, 2.24) is 9.88 Å². The van der Waals surface area contributed by atoms with Gasteiger partial charge < -0.3 is 4.74 Å². The van der Waals surface area contributed by atoms with E-state index in [4.69, 9.17) is 21.3 Å². The number of carbonyl (C=O) groups is 1. The Kier molecular flexibility index (Phi) is 7.49. The van der Waals surface area contributed by atoms with Gasteiger partial charge in [-0.2, -0.15) is 0 Å². The van der Waals surface area contributed by atoms with Crippen molar-refractivity contribution in [2.75, 3.05) is 44.3 Å². The predicted octanol–water partition coefficient (Wildman–Crippen LogP) is 4.66. The Hall–Kier alpha value is -1.70. The standard InChI is InChI=1S/C21H22ClN3O2S.ClH/c1-15-3-2-4-16(13-15)20(26)25(8-7-24-9-11-27-12-10-24)21-23-18-6-5-17(22)14-19(18)28-21;/h2-6,13-14H,7-12H2,1H3;1H. The average Bonchev–Trinajstić information content (AvgIpc) is 3.11. The largest absolute Gasteiger partial charge is 0.379 e. The Morgan fingerprint density at radius 2 is 2.03 bits per heavy atom. The molecule has 154 valence electrons. The van der Waals surface area contributed by atoms with Crippen LogP contribution in [0.5, 0.6) is 0 Å². The third-order valence-electron chi connectivity index (χ3n) is 4.82. The third-order valence-corrected chi connectivity index (χ3v) is 6.10. The zero-order valence-corrected chi connectivity index (χ0v) is 18.5. The summed E-state index contributed by atoms with van der Waals surface area (Å²) in [7, 11) is 0. The molecule has 0 bridgehead atoms. The van der Waals surface area contributed by atoms with Crippen LogP contribution in [-0.4, -0.2) is 55.2 Å². The molecule has 0 unspecified atom stereocenters. The van der Waals surface area contributed by atoms with E-state index in [1.807, 2.05) is 49.4 Å². The van der Waals surface area contributed by atoms with E-state index in [0.29, 0.717) is 22.3 Å². The first kappa shape index (κ1) is 22.0. The van der Waals surface area contributed by atoms with Crippen molar-refractivity contribution in [3.63, 3.8) is 0 Å². The number of anilines is 1. The van der Waals surface area contributed by atoms with Gasteiger partial charge in [-0.15, -0.1) is 12.4 Å². The van der Waals surface area contributed by atoms with Crippen LogP contribution in [0.3, 0.4) is 0 Å². The van der Waals surface area contributed by atoms with Crippen LogP contribution in [0.1, 0.15) is 15.9 Å². The normalized spacial score (nSPS) is 14.6. The number of rotatable bonds is 5. The van der Waals surface area contributed by atoms with E-state index in [1.54, 1.807) is 4.90 Å². The Morgan fingerprint density at radius 3 is 2.79 bits per heavy atom. The molecule has 1 amide bonds. The van der Waals surface area contributed by atoms with Crippen molar-refractivity contribution in [3.8, 4) is 0 Å².